The maximum absolute atomic E-state index is 6.22. The molecule has 0 atom stereocenters. The molecular weight excluding hydrogens is 332 g/mol. The summed E-state index contributed by atoms with van der Waals surface area (Å²) in [7, 11) is 1.63. The summed E-state index contributed by atoms with van der Waals surface area (Å²) in [6, 6.07) is 24.3. The first kappa shape index (κ1) is 15.6. The van der Waals surface area contributed by atoms with Gasteiger partial charge in [0.1, 0.15) is 11.4 Å². The first-order valence-corrected chi connectivity index (χ1v) is 8.30. The number of aromatic nitrogens is 2. The molecule has 0 aliphatic rings. The van der Waals surface area contributed by atoms with Gasteiger partial charge in [0.05, 0.1) is 7.11 Å². The second-order valence-electron chi connectivity index (χ2n) is 5.69. The lowest BCUT2D eigenvalue weighted by Crippen LogP contribution is -1.93. The molecule has 0 N–H and O–H groups in total. The predicted octanol–water partition coefficient (Wildman–Crippen LogP) is 5.63. The Morgan fingerprint density at radius 3 is 2.12 bits per heavy atom. The molecule has 3 aromatic carbocycles. The highest BCUT2D eigenvalue weighted by molar-refractivity contribution is 6.34. The fourth-order valence-corrected chi connectivity index (χ4v) is 3.09. The van der Waals surface area contributed by atoms with Crippen LogP contribution in [0.5, 0.6) is 5.75 Å². The van der Waals surface area contributed by atoms with Gasteiger partial charge >= 0.3 is 0 Å². The average molecular weight is 347 g/mol. The van der Waals surface area contributed by atoms with Gasteiger partial charge in [-0.1, -0.05) is 66.2 Å². The summed E-state index contributed by atoms with van der Waals surface area (Å²) >= 11 is 6.22. The van der Waals surface area contributed by atoms with Crippen LogP contribution in [0.15, 0.2) is 72.8 Å². The molecule has 0 bridgehead atoms. The van der Waals surface area contributed by atoms with E-state index in [1.807, 2.05) is 36.4 Å². The topological polar surface area (TPSA) is 35.0 Å². The highest BCUT2D eigenvalue weighted by Crippen LogP contribution is 2.33. The van der Waals surface area contributed by atoms with E-state index in [2.05, 4.69) is 46.6 Å². The van der Waals surface area contributed by atoms with Gasteiger partial charge in [0.15, 0.2) is 5.15 Å². The first-order chi connectivity index (χ1) is 12.3. The van der Waals surface area contributed by atoms with Crippen molar-refractivity contribution in [2.75, 3.05) is 7.11 Å². The second-order valence-corrected chi connectivity index (χ2v) is 6.05. The molecule has 0 spiro atoms. The Morgan fingerprint density at radius 1 is 0.720 bits per heavy atom. The fraction of sp³-hybridized carbons (Fsp3) is 0.0476. The quantitative estimate of drug-likeness (QED) is 0.482. The number of hydrogen-bond donors (Lipinski definition) is 0. The minimum absolute atomic E-state index is 0.374. The summed E-state index contributed by atoms with van der Waals surface area (Å²) in [5, 5.41) is 10.6. The normalized spacial score (nSPS) is 10.8. The molecule has 0 saturated carbocycles. The van der Waals surface area contributed by atoms with Crippen LogP contribution in [0.25, 0.3) is 33.2 Å². The van der Waals surface area contributed by atoms with Crippen LogP contribution >= 0.6 is 11.6 Å². The molecule has 122 valence electrons. The molecule has 4 rings (SSSR count). The van der Waals surface area contributed by atoms with Crippen LogP contribution < -0.4 is 4.74 Å². The van der Waals surface area contributed by atoms with Crippen molar-refractivity contribution in [3.05, 3.63) is 77.9 Å². The number of rotatable bonds is 3. The van der Waals surface area contributed by atoms with Crippen molar-refractivity contribution in [3.63, 3.8) is 0 Å². The molecule has 3 nitrogen and oxygen atoms in total. The highest BCUT2D eigenvalue weighted by Gasteiger charge is 2.11. The van der Waals surface area contributed by atoms with Crippen molar-refractivity contribution in [2.24, 2.45) is 0 Å². The minimum atomic E-state index is 0.374. The van der Waals surface area contributed by atoms with Gasteiger partial charge < -0.3 is 4.74 Å². The van der Waals surface area contributed by atoms with Gasteiger partial charge in [-0.3, -0.25) is 0 Å². The van der Waals surface area contributed by atoms with E-state index in [9.17, 15) is 0 Å². The molecule has 0 radical (unpaired) electrons. The molecule has 1 heterocycles. The molecule has 0 aliphatic carbocycles. The Hall–Kier alpha value is -2.91. The SMILES string of the molecule is COc1ccc2c(-c3ccc(-c4ccccc4)cc3)nnc(Cl)c2c1. The van der Waals surface area contributed by atoms with Crippen LogP contribution in [-0.2, 0) is 0 Å². The van der Waals surface area contributed by atoms with Crippen molar-refractivity contribution in [1.29, 1.82) is 0 Å². The van der Waals surface area contributed by atoms with Gasteiger partial charge in [0.2, 0.25) is 0 Å². The van der Waals surface area contributed by atoms with Crippen molar-refractivity contribution in [2.45, 2.75) is 0 Å². The lowest BCUT2D eigenvalue weighted by atomic mass is 10.0. The number of benzene rings is 3. The summed E-state index contributed by atoms with van der Waals surface area (Å²) in [4.78, 5) is 0. The Kier molecular flexibility index (Phi) is 4.08. The third-order valence-corrected chi connectivity index (χ3v) is 4.49. The van der Waals surface area contributed by atoms with E-state index in [0.717, 1.165) is 33.3 Å². The largest absolute Gasteiger partial charge is 0.497 e. The standard InChI is InChI=1S/C21H15ClN2O/c1-25-17-11-12-18-19(13-17)21(22)24-23-20(18)16-9-7-15(8-10-16)14-5-3-2-4-6-14/h2-13H,1H3. The second kappa shape index (κ2) is 6.54. The van der Waals surface area contributed by atoms with Crippen LogP contribution in [0.3, 0.4) is 0 Å². The highest BCUT2D eigenvalue weighted by atomic mass is 35.5. The molecule has 0 aliphatic heterocycles. The van der Waals surface area contributed by atoms with E-state index in [1.54, 1.807) is 7.11 Å². The number of nitrogens with zero attached hydrogens (tertiary/aromatic N) is 2. The van der Waals surface area contributed by atoms with Crippen LogP contribution in [0, 0.1) is 0 Å². The fourth-order valence-electron chi connectivity index (χ4n) is 2.89. The average Bonchev–Trinajstić information content (AvgIpc) is 2.69. The monoisotopic (exact) mass is 346 g/mol. The van der Waals surface area contributed by atoms with Gasteiger partial charge in [-0.05, 0) is 29.3 Å². The number of hydrogen-bond acceptors (Lipinski definition) is 3. The molecular formula is C21H15ClN2O. The van der Waals surface area contributed by atoms with Gasteiger partial charge in [-0.15, -0.1) is 10.2 Å². The van der Waals surface area contributed by atoms with Gasteiger partial charge in [-0.2, -0.15) is 0 Å². The van der Waals surface area contributed by atoms with Crippen LogP contribution in [-0.4, -0.2) is 17.3 Å². The van der Waals surface area contributed by atoms with Crippen LogP contribution in [0.4, 0.5) is 0 Å². The zero-order chi connectivity index (χ0) is 17.2. The summed E-state index contributed by atoms with van der Waals surface area (Å²) in [5.41, 5.74) is 4.16. The van der Waals surface area contributed by atoms with Gasteiger partial charge in [-0.25, -0.2) is 0 Å². The Balaban J connectivity index is 1.81. The van der Waals surface area contributed by atoms with E-state index < -0.39 is 0 Å². The van der Waals surface area contributed by atoms with E-state index in [0.29, 0.717) is 5.15 Å². The molecule has 4 heteroatoms. The molecule has 0 unspecified atom stereocenters. The third kappa shape index (κ3) is 2.94. The first-order valence-electron chi connectivity index (χ1n) is 7.92. The lowest BCUT2D eigenvalue weighted by molar-refractivity contribution is 0.415. The van der Waals surface area contributed by atoms with Gasteiger partial charge in [0.25, 0.3) is 0 Å². The zero-order valence-corrected chi connectivity index (χ0v) is 14.4. The summed E-state index contributed by atoms with van der Waals surface area (Å²) < 4.78 is 5.28. The third-order valence-electron chi connectivity index (χ3n) is 4.21. The van der Waals surface area contributed by atoms with Crippen LogP contribution in [0.2, 0.25) is 5.15 Å². The summed E-state index contributed by atoms with van der Waals surface area (Å²) in [6.45, 7) is 0. The van der Waals surface area contributed by atoms with Crippen molar-refractivity contribution < 1.29 is 4.74 Å². The summed E-state index contributed by atoms with van der Waals surface area (Å²) in [5.74, 6) is 0.743. The van der Waals surface area contributed by atoms with E-state index in [1.165, 1.54) is 5.56 Å². The van der Waals surface area contributed by atoms with E-state index in [-0.39, 0.29) is 0 Å². The molecule has 25 heavy (non-hydrogen) atoms. The maximum Gasteiger partial charge on any atom is 0.159 e. The van der Waals surface area contributed by atoms with Gasteiger partial charge in [0, 0.05) is 16.3 Å². The zero-order valence-electron chi connectivity index (χ0n) is 13.6. The number of ether oxygens (including phenoxy) is 1. The van der Waals surface area contributed by atoms with Crippen molar-refractivity contribution >= 4 is 22.4 Å². The number of halogens is 1. The Labute approximate surface area is 150 Å². The molecule has 0 fully saturated rings. The molecule has 0 saturated heterocycles. The molecule has 0 amide bonds. The number of methoxy groups -OCH3 is 1. The minimum Gasteiger partial charge on any atom is -0.497 e. The van der Waals surface area contributed by atoms with Crippen LogP contribution in [0.1, 0.15) is 0 Å². The predicted molar refractivity (Wildman–Crippen MR) is 102 cm³/mol. The van der Waals surface area contributed by atoms with E-state index >= 15 is 0 Å². The maximum atomic E-state index is 6.22. The Morgan fingerprint density at radius 2 is 1.40 bits per heavy atom. The van der Waals surface area contributed by atoms with Crippen molar-refractivity contribution in [3.8, 4) is 28.1 Å². The lowest BCUT2D eigenvalue weighted by Gasteiger charge is -2.09. The smallest absolute Gasteiger partial charge is 0.159 e. The summed E-state index contributed by atoms with van der Waals surface area (Å²) in [6.07, 6.45) is 0. The van der Waals surface area contributed by atoms with E-state index in [4.69, 9.17) is 16.3 Å². The molecule has 1 aromatic heterocycles. The molecule has 4 aromatic rings. The number of fused-ring (bicyclic) bond motifs is 1. The van der Waals surface area contributed by atoms with Crippen molar-refractivity contribution in [1.82, 2.24) is 10.2 Å². The Bertz CT molecular complexity index is 1030.